The molecule has 0 N–H and O–H groups in total. The maximum Gasteiger partial charge on any atom is 0.258 e. The van der Waals surface area contributed by atoms with Crippen LogP contribution in [0.4, 0.5) is 5.69 Å². The number of amides is 1. The molecule has 0 saturated carbocycles. The van der Waals surface area contributed by atoms with Crippen LogP contribution in [-0.4, -0.2) is 16.3 Å². The molecule has 1 aliphatic rings. The van der Waals surface area contributed by atoms with Crippen molar-refractivity contribution in [3.63, 3.8) is 0 Å². The Balaban J connectivity index is 1.84. The van der Waals surface area contributed by atoms with Gasteiger partial charge in [-0.25, -0.2) is 0 Å². The van der Waals surface area contributed by atoms with Crippen LogP contribution in [-0.2, 0) is 13.1 Å². The molecule has 1 amide bonds. The van der Waals surface area contributed by atoms with Crippen molar-refractivity contribution >= 4 is 17.4 Å². The Labute approximate surface area is 146 Å². The van der Waals surface area contributed by atoms with Gasteiger partial charge in [-0.1, -0.05) is 36.4 Å². The molecule has 0 fully saturated rings. The highest BCUT2D eigenvalue weighted by Crippen LogP contribution is 2.30. The molecule has 0 atom stereocenters. The van der Waals surface area contributed by atoms with E-state index in [9.17, 15) is 9.59 Å². The summed E-state index contributed by atoms with van der Waals surface area (Å²) in [4.78, 5) is 26.9. The lowest BCUT2D eigenvalue weighted by atomic mass is 10.1. The van der Waals surface area contributed by atoms with Gasteiger partial charge in [0.05, 0.1) is 18.8 Å². The molecule has 0 unspecified atom stereocenters. The van der Waals surface area contributed by atoms with Crippen LogP contribution in [0.15, 0.2) is 66.7 Å². The zero-order valence-electron chi connectivity index (χ0n) is 14.0. The van der Waals surface area contributed by atoms with Crippen molar-refractivity contribution in [2.24, 2.45) is 0 Å². The van der Waals surface area contributed by atoms with Crippen LogP contribution in [0.25, 0.3) is 0 Å². The standard InChI is InChI=1S/C21H18N2O2/c1-15(24)19-12-11-18-14-23(21(25)16-7-3-2-4-8-16)20-10-6-5-9-17(20)13-22(18)19/h2-12H,13-14H2,1H3. The number of carbonyl (C=O) groups is 2. The summed E-state index contributed by atoms with van der Waals surface area (Å²) in [5, 5.41) is 0. The van der Waals surface area contributed by atoms with Crippen molar-refractivity contribution in [1.29, 1.82) is 0 Å². The van der Waals surface area contributed by atoms with Gasteiger partial charge in [-0.15, -0.1) is 0 Å². The SMILES string of the molecule is CC(=O)c1ccc2n1Cc1ccccc1N(C(=O)c1ccccc1)C2. The van der Waals surface area contributed by atoms with Crippen molar-refractivity contribution in [1.82, 2.24) is 4.57 Å². The number of carbonyl (C=O) groups excluding carboxylic acids is 2. The summed E-state index contributed by atoms with van der Waals surface area (Å²) in [6, 6.07) is 21.0. The summed E-state index contributed by atoms with van der Waals surface area (Å²) in [6.45, 7) is 2.61. The average molecular weight is 330 g/mol. The molecule has 4 heteroatoms. The first-order valence-corrected chi connectivity index (χ1v) is 8.29. The number of fused-ring (bicyclic) bond motifs is 2. The quantitative estimate of drug-likeness (QED) is 0.669. The minimum absolute atomic E-state index is 0.0339. The van der Waals surface area contributed by atoms with Crippen LogP contribution in [0.2, 0.25) is 0 Å². The van der Waals surface area contributed by atoms with Gasteiger partial charge in [-0.05, 0) is 35.9 Å². The van der Waals surface area contributed by atoms with Crippen LogP contribution in [0, 0.1) is 0 Å². The van der Waals surface area contributed by atoms with Crippen LogP contribution in [0.5, 0.6) is 0 Å². The van der Waals surface area contributed by atoms with Crippen molar-refractivity contribution in [2.75, 3.05) is 4.90 Å². The fourth-order valence-corrected chi connectivity index (χ4v) is 3.39. The first-order valence-electron chi connectivity index (χ1n) is 8.29. The van der Waals surface area contributed by atoms with Crippen LogP contribution < -0.4 is 4.90 Å². The number of anilines is 1. The predicted molar refractivity (Wildman–Crippen MR) is 96.9 cm³/mol. The molecule has 3 aromatic rings. The summed E-state index contributed by atoms with van der Waals surface area (Å²) in [5.74, 6) is -0.00126. The lowest BCUT2D eigenvalue weighted by Crippen LogP contribution is -2.30. The first-order chi connectivity index (χ1) is 12.1. The molecular formula is C21H18N2O2. The zero-order valence-corrected chi connectivity index (χ0v) is 14.0. The molecule has 0 bridgehead atoms. The topological polar surface area (TPSA) is 42.3 Å². The third-order valence-electron chi connectivity index (χ3n) is 4.63. The number of para-hydroxylation sites is 1. The maximum absolute atomic E-state index is 13.1. The highest BCUT2D eigenvalue weighted by atomic mass is 16.2. The number of hydrogen-bond donors (Lipinski definition) is 0. The summed E-state index contributed by atoms with van der Waals surface area (Å²) in [7, 11) is 0. The Morgan fingerprint density at radius 2 is 1.56 bits per heavy atom. The highest BCUT2D eigenvalue weighted by Gasteiger charge is 2.26. The Kier molecular flexibility index (Phi) is 3.73. The van der Waals surface area contributed by atoms with E-state index in [1.807, 2.05) is 71.3 Å². The molecule has 4 nitrogen and oxygen atoms in total. The fourth-order valence-electron chi connectivity index (χ4n) is 3.39. The molecule has 2 heterocycles. The molecule has 25 heavy (non-hydrogen) atoms. The largest absolute Gasteiger partial charge is 0.336 e. The van der Waals surface area contributed by atoms with Gasteiger partial charge in [-0.2, -0.15) is 0 Å². The maximum atomic E-state index is 13.1. The van der Waals surface area contributed by atoms with Gasteiger partial charge in [0, 0.05) is 23.9 Å². The summed E-state index contributed by atoms with van der Waals surface area (Å²) in [5.41, 5.74) is 4.23. The molecule has 0 aliphatic carbocycles. The van der Waals surface area contributed by atoms with E-state index >= 15 is 0 Å². The summed E-state index contributed by atoms with van der Waals surface area (Å²) >= 11 is 0. The number of rotatable bonds is 2. The third-order valence-corrected chi connectivity index (χ3v) is 4.63. The van der Waals surface area contributed by atoms with E-state index in [-0.39, 0.29) is 11.7 Å². The van der Waals surface area contributed by atoms with Crippen LogP contribution in [0.3, 0.4) is 0 Å². The number of aromatic nitrogens is 1. The molecule has 2 aromatic carbocycles. The van der Waals surface area contributed by atoms with Gasteiger partial charge < -0.3 is 9.47 Å². The monoisotopic (exact) mass is 330 g/mol. The van der Waals surface area contributed by atoms with E-state index in [0.29, 0.717) is 24.3 Å². The summed E-state index contributed by atoms with van der Waals surface area (Å²) < 4.78 is 2.01. The van der Waals surface area contributed by atoms with Gasteiger partial charge in [-0.3, -0.25) is 9.59 Å². The number of hydrogen-bond acceptors (Lipinski definition) is 2. The summed E-state index contributed by atoms with van der Waals surface area (Å²) in [6.07, 6.45) is 0. The lowest BCUT2D eigenvalue weighted by molar-refractivity contribution is 0.0983. The number of ketones is 1. The normalized spacial score (nSPS) is 12.9. The second-order valence-corrected chi connectivity index (χ2v) is 6.24. The highest BCUT2D eigenvalue weighted by molar-refractivity contribution is 6.06. The van der Waals surface area contributed by atoms with Gasteiger partial charge in [0.2, 0.25) is 0 Å². The van der Waals surface area contributed by atoms with Crippen molar-refractivity contribution in [3.05, 3.63) is 89.2 Å². The average Bonchev–Trinajstić information content (AvgIpc) is 2.95. The third kappa shape index (κ3) is 2.66. The molecule has 0 radical (unpaired) electrons. The van der Waals surface area contributed by atoms with E-state index < -0.39 is 0 Å². The predicted octanol–water partition coefficient (Wildman–Crippen LogP) is 3.90. The zero-order chi connectivity index (χ0) is 17.4. The van der Waals surface area contributed by atoms with Gasteiger partial charge >= 0.3 is 0 Å². The van der Waals surface area contributed by atoms with E-state index in [1.165, 1.54) is 0 Å². The minimum Gasteiger partial charge on any atom is -0.336 e. The smallest absolute Gasteiger partial charge is 0.258 e. The molecule has 4 rings (SSSR count). The van der Waals surface area contributed by atoms with E-state index in [4.69, 9.17) is 0 Å². The lowest BCUT2D eigenvalue weighted by Gasteiger charge is -2.22. The molecule has 1 aromatic heterocycles. The molecule has 0 saturated heterocycles. The molecule has 124 valence electrons. The molecular weight excluding hydrogens is 312 g/mol. The molecule has 1 aliphatic heterocycles. The van der Waals surface area contributed by atoms with Crippen molar-refractivity contribution in [3.8, 4) is 0 Å². The second kappa shape index (κ2) is 6.06. The Morgan fingerprint density at radius 1 is 0.840 bits per heavy atom. The first kappa shape index (κ1) is 15.4. The van der Waals surface area contributed by atoms with E-state index in [0.717, 1.165) is 16.9 Å². The van der Waals surface area contributed by atoms with E-state index in [1.54, 1.807) is 11.8 Å². The van der Waals surface area contributed by atoms with Gasteiger partial charge in [0.25, 0.3) is 5.91 Å². The van der Waals surface area contributed by atoms with Crippen molar-refractivity contribution < 1.29 is 9.59 Å². The number of Topliss-reactive ketones (excluding diaryl/α,β-unsaturated/α-hetero) is 1. The Hall–Kier alpha value is -3.14. The van der Waals surface area contributed by atoms with Gasteiger partial charge in [0.15, 0.2) is 5.78 Å². The molecule has 0 spiro atoms. The van der Waals surface area contributed by atoms with Crippen LogP contribution >= 0.6 is 0 Å². The fraction of sp³-hybridized carbons (Fsp3) is 0.143. The Bertz CT molecular complexity index is 957. The van der Waals surface area contributed by atoms with E-state index in [2.05, 4.69) is 0 Å². The second-order valence-electron chi connectivity index (χ2n) is 6.24. The van der Waals surface area contributed by atoms with Crippen molar-refractivity contribution in [2.45, 2.75) is 20.0 Å². The minimum atomic E-state index is -0.0351. The Morgan fingerprint density at radius 3 is 2.32 bits per heavy atom. The van der Waals surface area contributed by atoms with Gasteiger partial charge in [0.1, 0.15) is 0 Å². The van der Waals surface area contributed by atoms with Crippen LogP contribution in [0.1, 0.15) is 39.0 Å². The number of nitrogens with zero attached hydrogens (tertiary/aromatic N) is 2. The number of benzene rings is 2.